The van der Waals surface area contributed by atoms with Gasteiger partial charge in [0.05, 0.1) is 6.26 Å². The number of hydrogen-bond donors (Lipinski definition) is 2. The number of carbonyl (C=O) groups excluding carboxylic acids is 4. The van der Waals surface area contributed by atoms with E-state index in [9.17, 15) is 19.2 Å². The number of urea groups is 1. The minimum absolute atomic E-state index is 0.0579. The van der Waals surface area contributed by atoms with Gasteiger partial charge in [-0.3, -0.25) is 14.5 Å². The molecular weight excluding hydrogens is 306 g/mol. The van der Waals surface area contributed by atoms with E-state index in [0.717, 1.165) is 4.90 Å². The molecule has 1 aliphatic heterocycles. The second-order valence-electron chi connectivity index (χ2n) is 4.97. The van der Waals surface area contributed by atoms with Crippen molar-refractivity contribution in [3.8, 4) is 0 Å². The number of nitrogens with one attached hydrogen (secondary N) is 2. The van der Waals surface area contributed by atoms with Gasteiger partial charge in [-0.2, -0.15) is 0 Å². The Hall–Kier alpha value is -2.84. The minimum Gasteiger partial charge on any atom is -0.459 e. The van der Waals surface area contributed by atoms with Crippen LogP contribution in [0, 0.1) is 0 Å². The zero-order valence-corrected chi connectivity index (χ0v) is 12.7. The van der Waals surface area contributed by atoms with Crippen LogP contribution in [0.4, 0.5) is 4.79 Å². The predicted molar refractivity (Wildman–Crippen MR) is 76.3 cm³/mol. The molecule has 2 rings (SSSR count). The summed E-state index contributed by atoms with van der Waals surface area (Å²) in [6.45, 7) is 3.38. The van der Waals surface area contributed by atoms with Crippen molar-refractivity contribution in [1.82, 2.24) is 15.5 Å². The molecule has 0 saturated carbocycles. The van der Waals surface area contributed by atoms with Gasteiger partial charge in [-0.1, -0.05) is 0 Å². The summed E-state index contributed by atoms with van der Waals surface area (Å²) in [6.07, 6.45) is 0.203. The van der Waals surface area contributed by atoms with Crippen molar-refractivity contribution in [2.24, 2.45) is 0 Å². The summed E-state index contributed by atoms with van der Waals surface area (Å²) in [5.74, 6) is -1.91. The Morgan fingerprint density at radius 2 is 2.13 bits per heavy atom. The van der Waals surface area contributed by atoms with Gasteiger partial charge in [-0.05, 0) is 26.0 Å². The maximum Gasteiger partial charge on any atom is 0.329 e. The third-order valence-electron chi connectivity index (χ3n) is 3.21. The summed E-state index contributed by atoms with van der Waals surface area (Å²) in [5, 5.41) is 4.87. The van der Waals surface area contributed by atoms with E-state index >= 15 is 0 Å². The molecule has 0 radical (unpaired) electrons. The molecule has 1 aliphatic rings. The van der Waals surface area contributed by atoms with Crippen LogP contribution >= 0.6 is 0 Å². The first-order chi connectivity index (χ1) is 10.9. The summed E-state index contributed by atoms with van der Waals surface area (Å²) in [4.78, 5) is 48.1. The molecule has 4 amide bonds. The smallest absolute Gasteiger partial charge is 0.329 e. The Balaban J connectivity index is 1.86. The van der Waals surface area contributed by atoms with E-state index in [2.05, 4.69) is 10.6 Å². The van der Waals surface area contributed by atoms with Gasteiger partial charge in [0.15, 0.2) is 11.9 Å². The summed E-state index contributed by atoms with van der Waals surface area (Å²) in [5.41, 5.74) is 0. The Morgan fingerprint density at radius 1 is 1.39 bits per heavy atom. The largest absolute Gasteiger partial charge is 0.459 e. The summed E-state index contributed by atoms with van der Waals surface area (Å²) in [6, 6.07) is 1.50. The molecule has 124 valence electrons. The lowest BCUT2D eigenvalue weighted by Crippen LogP contribution is -2.45. The number of nitrogens with zero attached hydrogens (tertiary/aromatic N) is 1. The van der Waals surface area contributed by atoms with Crippen molar-refractivity contribution in [3.63, 3.8) is 0 Å². The van der Waals surface area contributed by atoms with Crippen LogP contribution in [0.1, 0.15) is 24.4 Å². The van der Waals surface area contributed by atoms with Crippen LogP contribution in [0.5, 0.6) is 0 Å². The third kappa shape index (κ3) is 3.87. The standard InChI is InChI=1S/C14H17N3O6/c1-8(16-11(18)10-4-3-7-22-10)13(20)23-9(2)12(19)17-6-5-15-14(17)21/h3-4,7-9H,5-6H2,1-2H3,(H,15,21)(H,16,18)/t8-,9-/m0/s1. The van der Waals surface area contributed by atoms with Gasteiger partial charge in [0.2, 0.25) is 0 Å². The molecule has 0 aliphatic carbocycles. The first kappa shape index (κ1) is 16.5. The van der Waals surface area contributed by atoms with E-state index in [1.807, 2.05) is 0 Å². The number of furan rings is 1. The summed E-state index contributed by atoms with van der Waals surface area (Å²) >= 11 is 0. The van der Waals surface area contributed by atoms with Crippen molar-refractivity contribution in [1.29, 1.82) is 0 Å². The van der Waals surface area contributed by atoms with Gasteiger partial charge in [0, 0.05) is 13.1 Å². The quantitative estimate of drug-likeness (QED) is 0.730. The lowest BCUT2D eigenvalue weighted by atomic mass is 10.3. The highest BCUT2D eigenvalue weighted by Gasteiger charge is 2.32. The third-order valence-corrected chi connectivity index (χ3v) is 3.21. The van der Waals surface area contributed by atoms with Crippen molar-refractivity contribution >= 4 is 23.8 Å². The minimum atomic E-state index is -1.13. The lowest BCUT2D eigenvalue weighted by molar-refractivity contribution is -0.158. The molecule has 1 fully saturated rings. The Bertz CT molecular complexity index is 612. The molecular formula is C14H17N3O6. The van der Waals surface area contributed by atoms with Crippen LogP contribution in [0.15, 0.2) is 22.8 Å². The van der Waals surface area contributed by atoms with E-state index < -0.39 is 36.0 Å². The fourth-order valence-corrected chi connectivity index (χ4v) is 1.96. The zero-order valence-electron chi connectivity index (χ0n) is 12.7. The number of esters is 1. The second kappa shape index (κ2) is 6.95. The number of hydrogen-bond acceptors (Lipinski definition) is 6. The van der Waals surface area contributed by atoms with Gasteiger partial charge in [-0.15, -0.1) is 0 Å². The van der Waals surface area contributed by atoms with Crippen LogP contribution in [0.2, 0.25) is 0 Å². The monoisotopic (exact) mass is 323 g/mol. The highest BCUT2D eigenvalue weighted by Crippen LogP contribution is 2.06. The summed E-state index contributed by atoms with van der Waals surface area (Å²) < 4.78 is 9.90. The molecule has 0 spiro atoms. The second-order valence-corrected chi connectivity index (χ2v) is 4.97. The Labute approximate surface area is 131 Å². The molecule has 0 unspecified atom stereocenters. The van der Waals surface area contributed by atoms with Crippen LogP contribution in [0.3, 0.4) is 0 Å². The van der Waals surface area contributed by atoms with Gasteiger partial charge in [0.1, 0.15) is 6.04 Å². The fourth-order valence-electron chi connectivity index (χ4n) is 1.96. The van der Waals surface area contributed by atoms with Crippen LogP contribution in [-0.4, -0.2) is 54.0 Å². The first-order valence-electron chi connectivity index (χ1n) is 7.04. The molecule has 9 heteroatoms. The van der Waals surface area contributed by atoms with Crippen molar-refractivity contribution in [2.45, 2.75) is 26.0 Å². The zero-order chi connectivity index (χ0) is 17.0. The molecule has 0 bridgehead atoms. The average Bonchev–Trinajstić information content (AvgIpc) is 3.17. The van der Waals surface area contributed by atoms with Crippen molar-refractivity contribution in [3.05, 3.63) is 24.2 Å². The van der Waals surface area contributed by atoms with Gasteiger partial charge in [-0.25, -0.2) is 9.59 Å². The Kier molecular flexibility index (Phi) is 4.99. The van der Waals surface area contributed by atoms with Crippen molar-refractivity contribution < 1.29 is 28.3 Å². The molecule has 2 atom stereocenters. The van der Waals surface area contributed by atoms with Gasteiger partial charge < -0.3 is 19.8 Å². The van der Waals surface area contributed by atoms with E-state index in [4.69, 9.17) is 9.15 Å². The molecule has 2 N–H and O–H groups in total. The maximum atomic E-state index is 12.0. The Morgan fingerprint density at radius 3 is 2.70 bits per heavy atom. The number of rotatable bonds is 5. The van der Waals surface area contributed by atoms with E-state index in [0.29, 0.717) is 6.54 Å². The molecule has 0 aromatic carbocycles. The average molecular weight is 323 g/mol. The number of carbonyl (C=O) groups is 4. The molecule has 1 aromatic heterocycles. The predicted octanol–water partition coefficient (Wildman–Crippen LogP) is -0.119. The molecule has 9 nitrogen and oxygen atoms in total. The number of imide groups is 1. The topological polar surface area (TPSA) is 118 Å². The molecule has 1 saturated heterocycles. The van der Waals surface area contributed by atoms with E-state index in [-0.39, 0.29) is 12.3 Å². The van der Waals surface area contributed by atoms with Crippen LogP contribution in [-0.2, 0) is 14.3 Å². The van der Waals surface area contributed by atoms with E-state index in [1.54, 1.807) is 6.07 Å². The van der Waals surface area contributed by atoms with E-state index in [1.165, 1.54) is 26.2 Å². The van der Waals surface area contributed by atoms with Gasteiger partial charge >= 0.3 is 12.0 Å². The highest BCUT2D eigenvalue weighted by atomic mass is 16.5. The number of amides is 4. The fraction of sp³-hybridized carbons (Fsp3) is 0.429. The van der Waals surface area contributed by atoms with Gasteiger partial charge in [0.25, 0.3) is 11.8 Å². The lowest BCUT2D eigenvalue weighted by Gasteiger charge is -2.20. The first-order valence-corrected chi connectivity index (χ1v) is 7.04. The highest BCUT2D eigenvalue weighted by molar-refractivity contribution is 5.99. The SMILES string of the molecule is C[C@H](NC(=O)c1ccco1)C(=O)O[C@@H](C)C(=O)N1CCNC1=O. The van der Waals surface area contributed by atoms with Crippen LogP contribution in [0.25, 0.3) is 0 Å². The maximum absolute atomic E-state index is 12.0. The molecule has 2 heterocycles. The number of ether oxygens (including phenoxy) is 1. The molecule has 23 heavy (non-hydrogen) atoms. The van der Waals surface area contributed by atoms with Crippen LogP contribution < -0.4 is 10.6 Å². The molecule has 1 aromatic rings. The summed E-state index contributed by atoms with van der Waals surface area (Å²) in [7, 11) is 0. The normalized spacial score (nSPS) is 16.4. The van der Waals surface area contributed by atoms with Crippen molar-refractivity contribution in [2.75, 3.05) is 13.1 Å².